The molecule has 5 heterocycles. The number of hydrogen-bond donors (Lipinski definition) is 1. The number of furan rings is 1. The number of rotatable bonds is 7. The number of hydrogen-bond acceptors (Lipinski definition) is 9. The first kappa shape index (κ1) is 19.5. The SMILES string of the molecule is Cn1c(=O)c2sccc2n2c(CSc3nnc(-c4ccco4)n3CCC(N)=O)nnc12. The van der Waals surface area contributed by atoms with Crippen LogP contribution in [0.25, 0.3) is 27.6 Å². The molecule has 5 rings (SSSR count). The van der Waals surface area contributed by atoms with Crippen LogP contribution in [0, 0.1) is 0 Å². The summed E-state index contributed by atoms with van der Waals surface area (Å²) in [6.45, 7) is 0.324. The molecule has 0 aliphatic carbocycles. The maximum atomic E-state index is 12.5. The molecule has 13 heteroatoms. The highest BCUT2D eigenvalue weighted by molar-refractivity contribution is 7.98. The zero-order valence-corrected chi connectivity index (χ0v) is 17.9. The average molecular weight is 457 g/mol. The molecule has 0 saturated heterocycles. The Morgan fingerprint density at radius 3 is 2.90 bits per heavy atom. The predicted octanol–water partition coefficient (Wildman–Crippen LogP) is 1.66. The highest BCUT2D eigenvalue weighted by atomic mass is 32.2. The molecule has 0 spiro atoms. The Bertz CT molecular complexity index is 1460. The van der Waals surface area contributed by atoms with Gasteiger partial charge >= 0.3 is 0 Å². The Hall–Kier alpha value is -3.45. The van der Waals surface area contributed by atoms with Crippen molar-refractivity contribution in [1.82, 2.24) is 33.9 Å². The van der Waals surface area contributed by atoms with Crippen molar-refractivity contribution in [3.8, 4) is 11.6 Å². The molecule has 0 atom stereocenters. The number of nitrogens with zero attached hydrogens (tertiary/aromatic N) is 7. The van der Waals surface area contributed by atoms with E-state index >= 15 is 0 Å². The Labute approximate surface area is 182 Å². The van der Waals surface area contributed by atoms with Crippen LogP contribution in [0.5, 0.6) is 0 Å². The summed E-state index contributed by atoms with van der Waals surface area (Å²) in [6, 6.07) is 5.42. The number of nitrogens with two attached hydrogens (primary N) is 1. The smallest absolute Gasteiger partial charge is 0.272 e. The molecule has 0 saturated carbocycles. The van der Waals surface area contributed by atoms with Crippen molar-refractivity contribution in [2.24, 2.45) is 12.8 Å². The first-order valence-corrected chi connectivity index (χ1v) is 11.1. The minimum atomic E-state index is -0.417. The van der Waals surface area contributed by atoms with Gasteiger partial charge in [-0.3, -0.25) is 23.1 Å². The highest BCUT2D eigenvalue weighted by Crippen LogP contribution is 2.28. The normalized spacial score (nSPS) is 11.6. The average Bonchev–Trinajstić information content (AvgIpc) is 3.53. The molecule has 2 N–H and O–H groups in total. The summed E-state index contributed by atoms with van der Waals surface area (Å²) < 4.78 is 11.3. The summed E-state index contributed by atoms with van der Waals surface area (Å²) in [4.78, 5) is 23.8. The fraction of sp³-hybridized carbons (Fsp3) is 0.222. The lowest BCUT2D eigenvalue weighted by molar-refractivity contribution is -0.118. The minimum absolute atomic E-state index is 0.0987. The van der Waals surface area contributed by atoms with Gasteiger partial charge in [-0.2, -0.15) is 0 Å². The van der Waals surface area contributed by atoms with Crippen LogP contribution in [0.1, 0.15) is 12.2 Å². The van der Waals surface area contributed by atoms with Gasteiger partial charge < -0.3 is 10.2 Å². The third kappa shape index (κ3) is 3.31. The van der Waals surface area contributed by atoms with Gasteiger partial charge in [-0.05, 0) is 23.6 Å². The van der Waals surface area contributed by atoms with Crippen molar-refractivity contribution in [2.75, 3.05) is 0 Å². The van der Waals surface area contributed by atoms with E-state index in [0.29, 0.717) is 45.3 Å². The number of carbonyl (C=O) groups is 1. The van der Waals surface area contributed by atoms with Crippen molar-refractivity contribution >= 4 is 45.0 Å². The molecule has 0 aromatic carbocycles. The van der Waals surface area contributed by atoms with Crippen LogP contribution in [0.3, 0.4) is 0 Å². The third-order valence-electron chi connectivity index (χ3n) is 4.77. The molecule has 0 unspecified atom stereocenters. The summed E-state index contributed by atoms with van der Waals surface area (Å²) in [6.07, 6.45) is 1.69. The third-order valence-corrected chi connectivity index (χ3v) is 6.62. The first-order valence-electron chi connectivity index (χ1n) is 9.23. The van der Waals surface area contributed by atoms with E-state index in [2.05, 4.69) is 20.4 Å². The highest BCUT2D eigenvalue weighted by Gasteiger charge is 2.20. The fourth-order valence-corrected chi connectivity index (χ4v) is 5.01. The topological polar surface area (TPSA) is 139 Å². The van der Waals surface area contributed by atoms with Gasteiger partial charge in [0.1, 0.15) is 10.5 Å². The summed E-state index contributed by atoms with van der Waals surface area (Å²) in [5.74, 6) is 2.21. The van der Waals surface area contributed by atoms with E-state index in [-0.39, 0.29) is 12.0 Å². The monoisotopic (exact) mass is 456 g/mol. The van der Waals surface area contributed by atoms with E-state index in [1.807, 2.05) is 15.8 Å². The molecule has 0 fully saturated rings. The van der Waals surface area contributed by atoms with Crippen molar-refractivity contribution in [3.05, 3.63) is 46.0 Å². The zero-order valence-electron chi connectivity index (χ0n) is 16.3. The van der Waals surface area contributed by atoms with Crippen LogP contribution in [0.4, 0.5) is 0 Å². The van der Waals surface area contributed by atoms with E-state index in [9.17, 15) is 9.59 Å². The molecular weight excluding hydrogens is 440 g/mol. The molecule has 158 valence electrons. The van der Waals surface area contributed by atoms with Crippen LogP contribution in [-0.2, 0) is 24.1 Å². The van der Waals surface area contributed by atoms with E-state index in [1.165, 1.54) is 27.7 Å². The summed E-state index contributed by atoms with van der Waals surface area (Å²) in [5.41, 5.74) is 6.01. The predicted molar refractivity (Wildman–Crippen MR) is 115 cm³/mol. The van der Waals surface area contributed by atoms with Crippen molar-refractivity contribution in [3.63, 3.8) is 0 Å². The lowest BCUT2D eigenvalue weighted by Crippen LogP contribution is -2.19. The maximum absolute atomic E-state index is 12.5. The quantitative estimate of drug-likeness (QED) is 0.365. The van der Waals surface area contributed by atoms with Crippen LogP contribution in [0.2, 0.25) is 0 Å². The van der Waals surface area contributed by atoms with E-state index < -0.39 is 5.91 Å². The minimum Gasteiger partial charge on any atom is -0.461 e. The van der Waals surface area contributed by atoms with Crippen molar-refractivity contribution in [2.45, 2.75) is 23.9 Å². The van der Waals surface area contributed by atoms with E-state index in [4.69, 9.17) is 10.2 Å². The zero-order chi connectivity index (χ0) is 21.5. The Morgan fingerprint density at radius 2 is 2.13 bits per heavy atom. The number of thiophene rings is 1. The lowest BCUT2D eigenvalue weighted by Gasteiger charge is -2.08. The van der Waals surface area contributed by atoms with Crippen molar-refractivity contribution < 1.29 is 9.21 Å². The second-order valence-corrected chi connectivity index (χ2v) is 8.55. The Morgan fingerprint density at radius 1 is 1.26 bits per heavy atom. The summed E-state index contributed by atoms with van der Waals surface area (Å²) in [7, 11) is 1.68. The second kappa shape index (κ2) is 7.67. The largest absolute Gasteiger partial charge is 0.461 e. The van der Waals surface area contributed by atoms with E-state index in [1.54, 1.807) is 30.0 Å². The van der Waals surface area contributed by atoms with E-state index in [0.717, 1.165) is 5.52 Å². The molecule has 11 nitrogen and oxygen atoms in total. The number of thioether (sulfide) groups is 1. The Balaban J connectivity index is 1.51. The number of primary amides is 1. The van der Waals surface area contributed by atoms with Crippen LogP contribution in [-0.4, -0.2) is 39.8 Å². The first-order chi connectivity index (χ1) is 15.0. The van der Waals surface area contributed by atoms with Gasteiger partial charge in [0, 0.05) is 20.0 Å². The summed E-state index contributed by atoms with van der Waals surface area (Å²) in [5, 5.41) is 19.4. The van der Waals surface area contributed by atoms with Crippen LogP contribution in [0.15, 0.2) is 44.2 Å². The maximum Gasteiger partial charge on any atom is 0.272 e. The molecular formula is C18H16N8O3S2. The van der Waals surface area contributed by atoms with Crippen LogP contribution >= 0.6 is 23.1 Å². The molecule has 0 aliphatic heterocycles. The molecule has 0 bridgehead atoms. The second-order valence-electron chi connectivity index (χ2n) is 6.69. The van der Waals surface area contributed by atoms with Crippen LogP contribution < -0.4 is 11.3 Å². The van der Waals surface area contributed by atoms with Gasteiger partial charge in [0.2, 0.25) is 11.7 Å². The lowest BCUT2D eigenvalue weighted by atomic mass is 10.3. The molecule has 1 amide bonds. The van der Waals surface area contributed by atoms with Gasteiger partial charge in [-0.25, -0.2) is 0 Å². The fourth-order valence-electron chi connectivity index (χ4n) is 3.28. The summed E-state index contributed by atoms with van der Waals surface area (Å²) >= 11 is 2.78. The number of aryl methyl sites for hydroxylation is 1. The number of aromatic nitrogens is 7. The standard InChI is InChI=1S/C18H16N8O3S2/c1-24-16(28)14-10(5-8-30-14)26-13(20-22-17(24)26)9-31-18-23-21-15(11-3-2-7-29-11)25(18)6-4-12(19)27/h2-3,5,7-8H,4,6,9H2,1H3,(H2,19,27). The number of carbonyl (C=O) groups excluding carboxylic acids is 1. The van der Waals surface area contributed by atoms with Gasteiger partial charge in [0.05, 0.1) is 17.5 Å². The van der Waals surface area contributed by atoms with Crippen molar-refractivity contribution in [1.29, 1.82) is 0 Å². The van der Waals surface area contributed by atoms with Gasteiger partial charge in [0.25, 0.3) is 5.56 Å². The number of fused-ring (bicyclic) bond motifs is 3. The number of amides is 1. The Kier molecular flexibility index (Phi) is 4.82. The molecule has 5 aromatic rings. The molecule has 0 radical (unpaired) electrons. The molecule has 0 aliphatic rings. The van der Waals surface area contributed by atoms with Gasteiger partial charge in [-0.15, -0.1) is 31.7 Å². The molecule has 5 aromatic heterocycles. The van der Waals surface area contributed by atoms with Gasteiger partial charge in [-0.1, -0.05) is 11.8 Å². The molecule has 31 heavy (non-hydrogen) atoms. The van der Waals surface area contributed by atoms with Gasteiger partial charge in [0.15, 0.2) is 16.7 Å².